The van der Waals surface area contributed by atoms with Crippen molar-refractivity contribution in [1.29, 1.82) is 0 Å². The number of nitrogens with two attached hydrogens (primary N) is 1. The van der Waals surface area contributed by atoms with Gasteiger partial charge in [-0.05, 0) is 5.56 Å². The van der Waals surface area contributed by atoms with E-state index in [1.807, 2.05) is 30.3 Å². The summed E-state index contributed by atoms with van der Waals surface area (Å²) in [5, 5.41) is 4.72. The molecule has 4 N–H and O–H groups in total. The van der Waals surface area contributed by atoms with E-state index in [9.17, 15) is 9.59 Å². The Morgan fingerprint density at radius 2 is 2.12 bits per heavy atom. The number of benzene rings is 1. The predicted octanol–water partition coefficient (Wildman–Crippen LogP) is 2.28. The predicted molar refractivity (Wildman–Crippen MR) is 95.1 cm³/mol. The molecule has 1 aromatic carbocycles. The van der Waals surface area contributed by atoms with Crippen LogP contribution in [0.15, 0.2) is 57.9 Å². The molecular formula is C15H13N5O2S2. The molecule has 24 heavy (non-hydrogen) atoms. The normalized spacial score (nSPS) is 11.8. The summed E-state index contributed by atoms with van der Waals surface area (Å²) in [5.41, 5.74) is 6.02. The minimum Gasteiger partial charge on any atom is -0.383 e. The number of nitrogens with zero attached hydrogens (tertiary/aromatic N) is 2. The molecule has 2 aromatic heterocycles. The summed E-state index contributed by atoms with van der Waals surface area (Å²) in [6.45, 7) is 0. The third-order valence-corrected chi connectivity index (χ3v) is 4.80. The standard InChI is InChI=1S/C15H13N5O2S2/c16-10-8-11(21)19-15(18-10)24-12(9-4-2-1-3-5-9)13(22)20-14-17-6-7-23-14/h1-8,12H,(H,17,20,22)(H3,16,18,19,21). The van der Waals surface area contributed by atoms with Gasteiger partial charge < -0.3 is 16.0 Å². The topological polar surface area (TPSA) is 114 Å². The zero-order valence-corrected chi connectivity index (χ0v) is 13.9. The molecule has 0 spiro atoms. The van der Waals surface area contributed by atoms with Gasteiger partial charge in [0.25, 0.3) is 5.56 Å². The van der Waals surface area contributed by atoms with Gasteiger partial charge in [0.2, 0.25) is 5.91 Å². The number of nitrogen functional groups attached to an aromatic ring is 1. The Bertz CT molecular complexity index is 880. The van der Waals surface area contributed by atoms with Crippen molar-refractivity contribution in [1.82, 2.24) is 15.0 Å². The van der Waals surface area contributed by atoms with E-state index in [4.69, 9.17) is 5.73 Å². The lowest BCUT2D eigenvalue weighted by molar-refractivity contribution is -0.115. The zero-order valence-electron chi connectivity index (χ0n) is 12.3. The molecule has 1 amide bonds. The van der Waals surface area contributed by atoms with Crippen molar-refractivity contribution in [2.45, 2.75) is 10.4 Å². The lowest BCUT2D eigenvalue weighted by Gasteiger charge is -2.15. The third kappa shape index (κ3) is 4.00. The average molecular weight is 359 g/mol. The Morgan fingerprint density at radius 1 is 1.33 bits per heavy atom. The molecule has 2 heterocycles. The molecule has 0 saturated heterocycles. The molecule has 9 heteroatoms. The van der Waals surface area contributed by atoms with Gasteiger partial charge in [-0.15, -0.1) is 11.3 Å². The second-order valence-electron chi connectivity index (χ2n) is 4.71. The fourth-order valence-corrected chi connectivity index (χ4v) is 3.51. The smallest absolute Gasteiger partial charge is 0.253 e. The van der Waals surface area contributed by atoms with Crippen LogP contribution in [-0.4, -0.2) is 20.9 Å². The highest BCUT2D eigenvalue weighted by atomic mass is 32.2. The van der Waals surface area contributed by atoms with Crippen molar-refractivity contribution in [3.63, 3.8) is 0 Å². The zero-order chi connectivity index (χ0) is 16.9. The highest BCUT2D eigenvalue weighted by molar-refractivity contribution is 8.00. The lowest BCUT2D eigenvalue weighted by atomic mass is 10.1. The van der Waals surface area contributed by atoms with Crippen LogP contribution in [0, 0.1) is 0 Å². The SMILES string of the molecule is Nc1cc(=O)[nH]c(SC(C(=O)Nc2nccs2)c2ccccc2)n1. The van der Waals surface area contributed by atoms with Gasteiger partial charge in [0.15, 0.2) is 10.3 Å². The fourth-order valence-electron chi connectivity index (χ4n) is 1.98. The Hall–Kier alpha value is -2.65. The van der Waals surface area contributed by atoms with Crippen LogP contribution in [0.2, 0.25) is 0 Å². The molecule has 1 unspecified atom stereocenters. The number of aromatic amines is 1. The first-order valence-electron chi connectivity index (χ1n) is 6.90. The van der Waals surface area contributed by atoms with Crippen LogP contribution in [0.1, 0.15) is 10.8 Å². The van der Waals surface area contributed by atoms with Crippen molar-refractivity contribution in [3.8, 4) is 0 Å². The number of nitrogens with one attached hydrogen (secondary N) is 2. The summed E-state index contributed by atoms with van der Waals surface area (Å²) in [6.07, 6.45) is 1.61. The molecule has 1 atom stereocenters. The van der Waals surface area contributed by atoms with Crippen molar-refractivity contribution in [2.75, 3.05) is 11.1 Å². The van der Waals surface area contributed by atoms with Crippen LogP contribution >= 0.6 is 23.1 Å². The number of carbonyl (C=O) groups is 1. The van der Waals surface area contributed by atoms with E-state index in [1.165, 1.54) is 17.4 Å². The molecule has 3 rings (SSSR count). The summed E-state index contributed by atoms with van der Waals surface area (Å²) in [4.78, 5) is 34.9. The first kappa shape index (κ1) is 16.2. The summed E-state index contributed by atoms with van der Waals surface area (Å²) < 4.78 is 0. The number of aromatic nitrogens is 3. The molecule has 0 aliphatic heterocycles. The average Bonchev–Trinajstić information content (AvgIpc) is 3.05. The summed E-state index contributed by atoms with van der Waals surface area (Å²) >= 11 is 2.45. The number of hydrogen-bond donors (Lipinski definition) is 3. The van der Waals surface area contributed by atoms with Crippen LogP contribution in [0.4, 0.5) is 10.9 Å². The number of amides is 1. The first-order valence-corrected chi connectivity index (χ1v) is 8.66. The molecule has 0 saturated carbocycles. The molecule has 3 aromatic rings. The summed E-state index contributed by atoms with van der Waals surface area (Å²) in [6, 6.07) is 10.4. The third-order valence-electron chi connectivity index (χ3n) is 2.97. The molecule has 7 nitrogen and oxygen atoms in total. The van der Waals surface area contributed by atoms with Crippen LogP contribution in [0.25, 0.3) is 0 Å². The number of thioether (sulfide) groups is 1. The van der Waals surface area contributed by atoms with Crippen molar-refractivity contribution < 1.29 is 4.79 Å². The highest BCUT2D eigenvalue weighted by Crippen LogP contribution is 2.34. The Balaban J connectivity index is 1.90. The van der Waals surface area contributed by atoms with E-state index in [1.54, 1.807) is 11.6 Å². The van der Waals surface area contributed by atoms with Crippen molar-refractivity contribution in [3.05, 3.63) is 63.9 Å². The first-order chi connectivity index (χ1) is 11.6. The highest BCUT2D eigenvalue weighted by Gasteiger charge is 2.24. The Morgan fingerprint density at radius 3 is 2.79 bits per heavy atom. The quantitative estimate of drug-likeness (QED) is 0.476. The Labute approximate surface area is 145 Å². The maximum Gasteiger partial charge on any atom is 0.253 e. The summed E-state index contributed by atoms with van der Waals surface area (Å²) in [7, 11) is 0. The van der Waals surface area contributed by atoms with Crippen LogP contribution < -0.4 is 16.6 Å². The second-order valence-corrected chi connectivity index (χ2v) is 6.70. The van der Waals surface area contributed by atoms with Crippen molar-refractivity contribution in [2.24, 2.45) is 0 Å². The number of H-pyrrole nitrogens is 1. The van der Waals surface area contributed by atoms with Gasteiger partial charge in [-0.1, -0.05) is 42.1 Å². The van der Waals surface area contributed by atoms with Gasteiger partial charge >= 0.3 is 0 Å². The van der Waals surface area contributed by atoms with Gasteiger partial charge in [0.05, 0.1) is 0 Å². The number of carbonyl (C=O) groups excluding carboxylic acids is 1. The van der Waals surface area contributed by atoms with Gasteiger partial charge in [-0.2, -0.15) is 0 Å². The Kier molecular flexibility index (Phi) is 4.92. The minimum absolute atomic E-state index is 0.105. The van der Waals surface area contributed by atoms with Gasteiger partial charge in [-0.25, -0.2) is 9.97 Å². The van der Waals surface area contributed by atoms with Crippen LogP contribution in [-0.2, 0) is 4.79 Å². The lowest BCUT2D eigenvalue weighted by Crippen LogP contribution is -2.20. The molecule has 0 fully saturated rings. The van der Waals surface area contributed by atoms with Crippen LogP contribution in [0.5, 0.6) is 0 Å². The molecule has 0 aliphatic carbocycles. The van der Waals surface area contributed by atoms with Gasteiger partial charge in [0.1, 0.15) is 11.1 Å². The van der Waals surface area contributed by atoms with Gasteiger partial charge in [0, 0.05) is 17.6 Å². The number of rotatable bonds is 5. The number of hydrogen-bond acceptors (Lipinski definition) is 7. The second kappa shape index (κ2) is 7.28. The van der Waals surface area contributed by atoms with Crippen molar-refractivity contribution >= 4 is 40.0 Å². The molecule has 0 bridgehead atoms. The molecule has 122 valence electrons. The molecule has 0 radical (unpaired) electrons. The minimum atomic E-state index is -0.611. The monoisotopic (exact) mass is 359 g/mol. The van der Waals surface area contributed by atoms with Crippen LogP contribution in [0.3, 0.4) is 0 Å². The fraction of sp³-hybridized carbons (Fsp3) is 0.0667. The van der Waals surface area contributed by atoms with E-state index in [0.29, 0.717) is 5.13 Å². The molecular weight excluding hydrogens is 346 g/mol. The largest absolute Gasteiger partial charge is 0.383 e. The van der Waals surface area contributed by atoms with E-state index in [0.717, 1.165) is 17.3 Å². The van der Waals surface area contributed by atoms with E-state index in [2.05, 4.69) is 20.3 Å². The van der Waals surface area contributed by atoms with E-state index >= 15 is 0 Å². The molecule has 0 aliphatic rings. The van der Waals surface area contributed by atoms with Gasteiger partial charge in [-0.3, -0.25) is 9.59 Å². The number of thiazole rings is 1. The maximum atomic E-state index is 12.7. The maximum absolute atomic E-state index is 12.7. The number of anilines is 2. The van der Waals surface area contributed by atoms with E-state index < -0.39 is 5.25 Å². The van der Waals surface area contributed by atoms with E-state index in [-0.39, 0.29) is 22.4 Å². The summed E-state index contributed by atoms with van der Waals surface area (Å²) in [5.74, 6) is -0.153.